The fourth-order valence-electron chi connectivity index (χ4n) is 5.71. The molecule has 1 aliphatic rings. The number of esters is 2. The minimum Gasteiger partial charge on any atom is -0.465 e. The molecule has 0 spiro atoms. The summed E-state index contributed by atoms with van der Waals surface area (Å²) >= 11 is 0. The van der Waals surface area contributed by atoms with Gasteiger partial charge in [-0.1, -0.05) is 106 Å². The molecule has 0 radical (unpaired) electrons. The first-order valence-corrected chi connectivity index (χ1v) is 15.6. The molecule has 0 amide bonds. The van der Waals surface area contributed by atoms with E-state index in [0.29, 0.717) is 25.0 Å². The second kappa shape index (κ2) is 20.0. The van der Waals surface area contributed by atoms with Gasteiger partial charge in [-0.25, -0.2) is 0 Å². The predicted molar refractivity (Wildman–Crippen MR) is 151 cm³/mol. The van der Waals surface area contributed by atoms with Crippen molar-refractivity contribution in [1.82, 2.24) is 0 Å². The van der Waals surface area contributed by atoms with Gasteiger partial charge in [-0.15, -0.1) is 0 Å². The lowest BCUT2D eigenvalue weighted by Gasteiger charge is -2.26. The van der Waals surface area contributed by atoms with E-state index in [1.807, 2.05) is 0 Å². The van der Waals surface area contributed by atoms with Gasteiger partial charge < -0.3 is 9.47 Å². The van der Waals surface area contributed by atoms with E-state index in [0.717, 1.165) is 50.4 Å². The quantitative estimate of drug-likeness (QED) is 0.154. The van der Waals surface area contributed by atoms with Crippen molar-refractivity contribution in [2.45, 2.75) is 144 Å². The maximum absolute atomic E-state index is 12.5. The number of hydrogen-bond donors (Lipinski definition) is 0. The molecule has 0 aromatic heterocycles. The van der Waals surface area contributed by atoms with Crippen molar-refractivity contribution in [3.05, 3.63) is 0 Å². The van der Waals surface area contributed by atoms with E-state index in [4.69, 9.17) is 9.47 Å². The third-order valence-corrected chi connectivity index (χ3v) is 8.45. The van der Waals surface area contributed by atoms with Crippen LogP contribution in [0.5, 0.6) is 0 Å². The molecule has 212 valence electrons. The first kappa shape index (κ1) is 33.0. The van der Waals surface area contributed by atoms with E-state index in [-0.39, 0.29) is 23.8 Å². The van der Waals surface area contributed by atoms with E-state index in [9.17, 15) is 9.59 Å². The third-order valence-electron chi connectivity index (χ3n) is 8.45. The third kappa shape index (κ3) is 15.3. The highest BCUT2D eigenvalue weighted by Crippen LogP contribution is 2.31. The Hall–Kier alpha value is -1.06. The van der Waals surface area contributed by atoms with Crippen LogP contribution < -0.4 is 0 Å². The van der Waals surface area contributed by atoms with Gasteiger partial charge >= 0.3 is 11.9 Å². The van der Waals surface area contributed by atoms with Gasteiger partial charge in [0.2, 0.25) is 0 Å². The Morgan fingerprint density at radius 3 is 1.17 bits per heavy atom. The number of carbonyl (C=O) groups excluding carboxylic acids is 2. The summed E-state index contributed by atoms with van der Waals surface area (Å²) in [5.74, 6) is 2.63. The monoisotopic (exact) mass is 508 g/mol. The smallest absolute Gasteiger partial charge is 0.308 e. The van der Waals surface area contributed by atoms with E-state index in [1.54, 1.807) is 0 Å². The van der Waals surface area contributed by atoms with Crippen molar-refractivity contribution in [3.8, 4) is 0 Å². The van der Waals surface area contributed by atoms with Gasteiger partial charge in [-0.05, 0) is 62.2 Å². The van der Waals surface area contributed by atoms with Gasteiger partial charge in [-0.2, -0.15) is 0 Å². The average molecular weight is 509 g/mol. The van der Waals surface area contributed by atoms with E-state index in [1.165, 1.54) is 64.2 Å². The minimum atomic E-state index is -0.0623. The molecule has 1 aliphatic carbocycles. The Labute approximate surface area is 224 Å². The molecular weight excluding hydrogens is 448 g/mol. The maximum Gasteiger partial charge on any atom is 0.308 e. The maximum atomic E-state index is 12.5. The van der Waals surface area contributed by atoms with Crippen molar-refractivity contribution < 1.29 is 19.1 Å². The SMILES string of the molecule is CCCC(C)CCCC(C)CCOC(=O)C1CCC(C(=O)OCCC(C)CCCC(C)CCC)CC1. The summed E-state index contributed by atoms with van der Waals surface area (Å²) < 4.78 is 11.2. The zero-order chi connectivity index (χ0) is 26.8. The first-order valence-electron chi connectivity index (χ1n) is 15.6. The van der Waals surface area contributed by atoms with Crippen LogP contribution in [0.3, 0.4) is 0 Å². The highest BCUT2D eigenvalue weighted by molar-refractivity contribution is 5.75. The molecule has 0 N–H and O–H groups in total. The Kier molecular flexibility index (Phi) is 18.3. The number of carbonyl (C=O) groups is 2. The van der Waals surface area contributed by atoms with Gasteiger partial charge in [0.05, 0.1) is 25.0 Å². The molecule has 0 aromatic rings. The molecule has 36 heavy (non-hydrogen) atoms. The largest absolute Gasteiger partial charge is 0.465 e. The van der Waals surface area contributed by atoms with Crippen LogP contribution >= 0.6 is 0 Å². The van der Waals surface area contributed by atoms with Crippen LogP contribution in [-0.4, -0.2) is 25.2 Å². The van der Waals surface area contributed by atoms with E-state index < -0.39 is 0 Å². The molecule has 0 heterocycles. The van der Waals surface area contributed by atoms with Crippen LogP contribution in [0.2, 0.25) is 0 Å². The second-order valence-corrected chi connectivity index (χ2v) is 12.3. The lowest BCUT2D eigenvalue weighted by molar-refractivity contribution is -0.155. The van der Waals surface area contributed by atoms with Crippen molar-refractivity contribution >= 4 is 11.9 Å². The first-order chi connectivity index (χ1) is 17.3. The average Bonchev–Trinajstić information content (AvgIpc) is 2.84. The Bertz CT molecular complexity index is 517. The van der Waals surface area contributed by atoms with Crippen molar-refractivity contribution in [2.24, 2.45) is 35.5 Å². The van der Waals surface area contributed by atoms with Gasteiger partial charge in [0, 0.05) is 0 Å². The minimum absolute atomic E-state index is 0.0469. The van der Waals surface area contributed by atoms with Gasteiger partial charge in [0.15, 0.2) is 0 Å². The molecule has 4 nitrogen and oxygen atoms in total. The van der Waals surface area contributed by atoms with Crippen LogP contribution in [0, 0.1) is 35.5 Å². The molecule has 4 atom stereocenters. The summed E-state index contributed by atoms with van der Waals surface area (Å²) in [6, 6.07) is 0. The topological polar surface area (TPSA) is 52.6 Å². The van der Waals surface area contributed by atoms with Crippen LogP contribution in [0.15, 0.2) is 0 Å². The van der Waals surface area contributed by atoms with Crippen LogP contribution in [-0.2, 0) is 19.1 Å². The summed E-state index contributed by atoms with van der Waals surface area (Å²) in [6.07, 6.45) is 17.7. The Morgan fingerprint density at radius 2 is 0.861 bits per heavy atom. The van der Waals surface area contributed by atoms with Gasteiger partial charge in [0.1, 0.15) is 0 Å². The summed E-state index contributed by atoms with van der Waals surface area (Å²) in [6.45, 7) is 14.8. The van der Waals surface area contributed by atoms with Gasteiger partial charge in [-0.3, -0.25) is 9.59 Å². The van der Waals surface area contributed by atoms with Crippen LogP contribution in [0.1, 0.15) is 144 Å². The fourth-order valence-corrected chi connectivity index (χ4v) is 5.71. The molecule has 0 aliphatic heterocycles. The molecule has 0 saturated heterocycles. The highest BCUT2D eigenvalue weighted by Gasteiger charge is 2.31. The summed E-state index contributed by atoms with van der Waals surface area (Å²) in [7, 11) is 0. The molecule has 0 aromatic carbocycles. The lowest BCUT2D eigenvalue weighted by atomic mass is 9.82. The van der Waals surface area contributed by atoms with Crippen LogP contribution in [0.4, 0.5) is 0 Å². The van der Waals surface area contributed by atoms with Crippen LogP contribution in [0.25, 0.3) is 0 Å². The summed E-state index contributed by atoms with van der Waals surface area (Å²) in [5, 5.41) is 0. The zero-order valence-electron chi connectivity index (χ0n) is 24.8. The normalized spacial score (nSPS) is 21.4. The number of ether oxygens (including phenoxy) is 2. The second-order valence-electron chi connectivity index (χ2n) is 12.3. The van der Waals surface area contributed by atoms with Crippen molar-refractivity contribution in [3.63, 3.8) is 0 Å². The molecule has 4 heteroatoms. The fraction of sp³-hybridized carbons (Fsp3) is 0.938. The number of hydrogen-bond acceptors (Lipinski definition) is 4. The molecule has 1 fully saturated rings. The van der Waals surface area contributed by atoms with E-state index >= 15 is 0 Å². The molecule has 0 bridgehead atoms. The predicted octanol–water partition coefficient (Wildman–Crippen LogP) is 9.14. The summed E-state index contributed by atoms with van der Waals surface area (Å²) in [4.78, 5) is 25.0. The lowest BCUT2D eigenvalue weighted by Crippen LogP contribution is -2.28. The highest BCUT2D eigenvalue weighted by atomic mass is 16.5. The van der Waals surface area contributed by atoms with Crippen molar-refractivity contribution in [2.75, 3.05) is 13.2 Å². The molecule has 4 unspecified atom stereocenters. The Morgan fingerprint density at radius 1 is 0.556 bits per heavy atom. The molecule has 1 rings (SSSR count). The Balaban J connectivity index is 2.11. The standard InChI is InChI=1S/C32H60O4/c1-7-11-25(3)13-9-15-27(5)21-23-35-31(33)29-17-19-30(20-18-29)32(34)36-24-22-28(6)16-10-14-26(4)12-8-2/h25-30H,7-24H2,1-6H3. The molecular formula is C32H60O4. The number of rotatable bonds is 20. The molecule has 1 saturated carbocycles. The van der Waals surface area contributed by atoms with Crippen molar-refractivity contribution in [1.29, 1.82) is 0 Å². The van der Waals surface area contributed by atoms with E-state index in [2.05, 4.69) is 41.5 Å². The summed E-state index contributed by atoms with van der Waals surface area (Å²) in [5.41, 5.74) is 0. The van der Waals surface area contributed by atoms with Gasteiger partial charge in [0.25, 0.3) is 0 Å². The zero-order valence-corrected chi connectivity index (χ0v) is 24.8.